The van der Waals surface area contributed by atoms with Gasteiger partial charge in [0.2, 0.25) is 0 Å². The molecule has 2 amide bonds. The number of alkyl carbamates (subject to hydrolysis) is 2. The van der Waals surface area contributed by atoms with E-state index < -0.39 is 171 Å². The van der Waals surface area contributed by atoms with Gasteiger partial charge >= 0.3 is 12.2 Å². The number of epoxide rings is 1. The second-order valence-corrected chi connectivity index (χ2v) is 27.2. The number of ether oxygens (including phenoxy) is 11. The van der Waals surface area contributed by atoms with E-state index in [2.05, 4.69) is 10.6 Å². The van der Waals surface area contributed by atoms with Gasteiger partial charge in [-0.2, -0.15) is 0 Å². The topological polar surface area (TPSA) is 464 Å². The van der Waals surface area contributed by atoms with Crippen LogP contribution in [0.5, 0.6) is 0 Å². The maximum absolute atomic E-state index is 12.0. The van der Waals surface area contributed by atoms with E-state index in [1.807, 2.05) is 62.3 Å². The highest BCUT2D eigenvalue weighted by atomic mass is 16.7. The molecule has 5 saturated heterocycles. The molecule has 0 bridgehead atoms. The highest BCUT2D eigenvalue weighted by Gasteiger charge is 2.53. The molecule has 88 heavy (non-hydrogen) atoms. The number of nitrogens with one attached hydrogen (secondary N) is 2. The predicted molar refractivity (Wildman–Crippen MR) is 313 cm³/mol. The zero-order valence-corrected chi connectivity index (χ0v) is 53.5. The lowest BCUT2D eigenvalue weighted by atomic mass is 9.74. The van der Waals surface area contributed by atoms with Crippen LogP contribution in [0.25, 0.3) is 0 Å². The Bertz CT molecular complexity index is 2060. The Balaban J connectivity index is 0.000000278. The number of aliphatic hydroxyl groups is 11. The summed E-state index contributed by atoms with van der Waals surface area (Å²) in [5.41, 5.74) is 17.0. The van der Waals surface area contributed by atoms with E-state index >= 15 is 0 Å². The normalized spacial score (nSPS) is 43.4. The van der Waals surface area contributed by atoms with E-state index in [9.17, 15) is 65.8 Å². The smallest absolute Gasteiger partial charge is 0.407 e. The monoisotopic (exact) mass is 1270 g/mol. The maximum Gasteiger partial charge on any atom is 0.407 e. The summed E-state index contributed by atoms with van der Waals surface area (Å²) in [5.74, 6) is -0.812. The molecule has 2 aliphatic carbocycles. The number of carbonyl (C=O) groups excluding carboxylic acids is 2. The molecule has 2 saturated carbocycles. The van der Waals surface area contributed by atoms with Crippen LogP contribution in [0.1, 0.15) is 134 Å². The Hall–Kier alpha value is -2.38. The van der Waals surface area contributed by atoms with Gasteiger partial charge in [-0.3, -0.25) is 0 Å². The predicted octanol–water partition coefficient (Wildman–Crippen LogP) is -1.59. The van der Waals surface area contributed by atoms with E-state index in [1.165, 1.54) is 0 Å². The van der Waals surface area contributed by atoms with Crippen LogP contribution in [0.3, 0.4) is 0 Å². The molecule has 29 heteroatoms. The molecule has 0 aromatic rings. The standard InChI is InChI=1S/C30H56N2O12.C21H40N2O9.C8H15NO3/c1-7-19-18(35)11-15(3)27(40-19)42-25-14(2)10-16(8-9-17(34)12-32-29(39)44-30(4,5)6)26(24(25)38)43-28-23(37)21(31)22(36)20(13-33)41-28;1-4-12-11(25)6-9(3)20(29-12)31-18-8(2)5-10(22)19(17(18)28)32-21-16(27)14(23)15(26)13(7-24)30-21;1-8(2,3)12-7(10)9-4-6-5-11-6/h14-28,33-38H,7-13,31H2,1-6H3,(H,32,39);8-21,24-28H,4-7,22-23H2,1-3H3;6H,4-5H2,1-3H3,(H,9,10)/t14-,15+,16+,17?,18-,19+,20+,21-,22+,23+,24-,25?,26-,27+,28+;8-,9+,10+,11-,12+,13+,14-,15+,16+,17-,18?,19-,20+,21+;/m00./s1. The first-order valence-electron chi connectivity index (χ1n) is 31.5. The fourth-order valence-corrected chi connectivity index (χ4v) is 12.1. The Morgan fingerprint density at radius 1 is 0.534 bits per heavy atom. The Labute approximate surface area is 517 Å². The minimum absolute atomic E-state index is 0.0340. The van der Waals surface area contributed by atoms with Crippen LogP contribution in [-0.4, -0.2) is 266 Å². The number of aliphatic hydroxyl groups excluding tert-OH is 11. The summed E-state index contributed by atoms with van der Waals surface area (Å²) >= 11 is 0. The number of hydrogen-bond acceptors (Lipinski definition) is 27. The van der Waals surface area contributed by atoms with Crippen molar-refractivity contribution >= 4 is 12.2 Å². The van der Waals surface area contributed by atoms with Crippen LogP contribution in [0.2, 0.25) is 0 Å². The minimum Gasteiger partial charge on any atom is -0.444 e. The summed E-state index contributed by atoms with van der Waals surface area (Å²) in [6.07, 6.45) is -16.8. The fourth-order valence-electron chi connectivity index (χ4n) is 12.1. The van der Waals surface area contributed by atoms with Crippen molar-refractivity contribution < 1.29 is 118 Å². The van der Waals surface area contributed by atoms with Gasteiger partial charge in [-0.1, -0.05) is 41.5 Å². The summed E-state index contributed by atoms with van der Waals surface area (Å²) in [6, 6.07) is -2.82. The van der Waals surface area contributed by atoms with Crippen LogP contribution in [0, 0.1) is 29.6 Å². The number of hydrogen-bond donors (Lipinski definition) is 16. The minimum atomic E-state index is -1.45. The first-order chi connectivity index (χ1) is 41.1. The van der Waals surface area contributed by atoms with Gasteiger partial charge in [0.25, 0.3) is 0 Å². The molecular formula is C59H111N5O24. The highest BCUT2D eigenvalue weighted by molar-refractivity contribution is 5.68. The maximum atomic E-state index is 12.0. The average molecular weight is 1270 g/mol. The molecule has 7 aliphatic rings. The zero-order chi connectivity index (χ0) is 65.9. The molecule has 4 unspecified atom stereocenters. The number of amides is 2. The van der Waals surface area contributed by atoms with Crippen LogP contribution >= 0.6 is 0 Å². The van der Waals surface area contributed by atoms with Gasteiger partial charge in [0, 0.05) is 31.0 Å². The van der Waals surface area contributed by atoms with Crippen molar-refractivity contribution in [2.75, 3.05) is 32.9 Å². The largest absolute Gasteiger partial charge is 0.444 e. The zero-order valence-electron chi connectivity index (χ0n) is 53.5. The lowest BCUT2D eigenvalue weighted by Gasteiger charge is -2.49. The van der Waals surface area contributed by atoms with Crippen molar-refractivity contribution in [2.24, 2.45) is 46.8 Å². The van der Waals surface area contributed by atoms with Gasteiger partial charge in [-0.05, 0) is 111 Å². The molecule has 7 rings (SSSR count). The van der Waals surface area contributed by atoms with Gasteiger partial charge in [0.1, 0.15) is 66.1 Å². The molecule has 516 valence electrons. The third-order valence-electron chi connectivity index (χ3n) is 17.2. The third kappa shape index (κ3) is 21.9. The van der Waals surface area contributed by atoms with Gasteiger partial charge in [0.15, 0.2) is 25.2 Å². The van der Waals surface area contributed by atoms with Crippen molar-refractivity contribution in [1.82, 2.24) is 10.6 Å². The van der Waals surface area contributed by atoms with Crippen LogP contribution < -0.4 is 27.8 Å². The SMILES string of the molecule is CC(C)(C)OC(=O)NCC1CO1.CC[C@H]1O[C@H](OC2[C@@H](C)C[C@@H](CCC(O)CNC(=O)OC(C)(C)C)[C@H](O[C@H]3O[C@H](CO)[C@@H](O)[C@H](N)[C@H]3O)[C@H]2O)[C@H](C)C[C@@H]1O.CC[C@H]1O[C@H](OC2[C@@H](C)C[C@@H](N)[C@H](O[C@H]3O[C@H](CO)[C@@H](O)[C@H](N)[C@H]3O)[C@H]2O)[C@H](C)C[C@@H]1O. The molecule has 30 atom stereocenters. The Morgan fingerprint density at radius 3 is 1.35 bits per heavy atom. The quantitative estimate of drug-likeness (QED) is 0.0648. The fraction of sp³-hybridized carbons (Fsp3) is 0.966. The highest BCUT2D eigenvalue weighted by Crippen LogP contribution is 2.41. The molecule has 0 radical (unpaired) electrons. The van der Waals surface area contributed by atoms with E-state index in [4.69, 9.17) is 69.3 Å². The lowest BCUT2D eigenvalue weighted by Crippen LogP contribution is -2.66. The molecule has 0 aromatic carbocycles. The van der Waals surface area contributed by atoms with Crippen LogP contribution in [0.15, 0.2) is 0 Å². The summed E-state index contributed by atoms with van der Waals surface area (Å²) in [4.78, 5) is 23.0. The first kappa shape index (κ1) is 76.3. The van der Waals surface area contributed by atoms with E-state index in [0.717, 1.165) is 6.61 Å². The van der Waals surface area contributed by atoms with Gasteiger partial charge < -0.3 is 136 Å². The van der Waals surface area contributed by atoms with Crippen LogP contribution in [0.4, 0.5) is 9.59 Å². The molecule has 29 nitrogen and oxygen atoms in total. The number of carbonyl (C=O) groups is 2. The van der Waals surface area contributed by atoms with E-state index in [-0.39, 0.29) is 60.9 Å². The average Bonchev–Trinajstić information content (AvgIpc) is 3.82. The van der Waals surface area contributed by atoms with Crippen LogP contribution in [-0.2, 0) is 52.1 Å². The Morgan fingerprint density at radius 2 is 0.932 bits per heavy atom. The molecule has 5 aliphatic heterocycles. The summed E-state index contributed by atoms with van der Waals surface area (Å²) in [6.45, 7) is 22.5. The summed E-state index contributed by atoms with van der Waals surface area (Å²) in [5, 5.41) is 120. The molecule has 0 spiro atoms. The van der Waals surface area contributed by atoms with E-state index in [0.29, 0.717) is 51.5 Å². The molecule has 0 aromatic heterocycles. The van der Waals surface area contributed by atoms with Crippen molar-refractivity contribution in [2.45, 2.75) is 299 Å². The summed E-state index contributed by atoms with van der Waals surface area (Å²) < 4.78 is 62.9. The molecule has 19 N–H and O–H groups in total. The van der Waals surface area contributed by atoms with Gasteiger partial charge in [-0.25, -0.2) is 9.59 Å². The van der Waals surface area contributed by atoms with Gasteiger partial charge in [0.05, 0.1) is 86.8 Å². The van der Waals surface area contributed by atoms with E-state index in [1.54, 1.807) is 20.8 Å². The van der Waals surface area contributed by atoms with Crippen molar-refractivity contribution in [1.29, 1.82) is 0 Å². The van der Waals surface area contributed by atoms with Crippen molar-refractivity contribution in [3.8, 4) is 0 Å². The second kappa shape index (κ2) is 34.2. The lowest BCUT2D eigenvalue weighted by molar-refractivity contribution is -0.326. The summed E-state index contributed by atoms with van der Waals surface area (Å²) in [7, 11) is 0. The first-order valence-corrected chi connectivity index (χ1v) is 31.5. The van der Waals surface area contributed by atoms with Gasteiger partial charge in [-0.15, -0.1) is 0 Å². The number of rotatable bonds is 19. The Kier molecular flexibility index (Phi) is 29.6. The third-order valence-corrected chi connectivity index (χ3v) is 17.2. The number of nitrogens with two attached hydrogens (primary N) is 3. The van der Waals surface area contributed by atoms with Crippen molar-refractivity contribution in [3.63, 3.8) is 0 Å². The molecular weight excluding hydrogens is 1160 g/mol. The molecule has 5 heterocycles. The van der Waals surface area contributed by atoms with Crippen molar-refractivity contribution in [3.05, 3.63) is 0 Å². The second-order valence-electron chi connectivity index (χ2n) is 27.2. The molecule has 7 fully saturated rings.